The molecule has 4 heteroatoms. The smallest absolute Gasteiger partial charge is 0.128 e. The molecule has 0 radical (unpaired) electrons. The van der Waals surface area contributed by atoms with Crippen LogP contribution in [0, 0.1) is 0 Å². The van der Waals surface area contributed by atoms with Crippen molar-refractivity contribution in [2.24, 2.45) is 5.73 Å². The molecule has 0 fully saturated rings. The minimum absolute atomic E-state index is 0.702. The van der Waals surface area contributed by atoms with Crippen LogP contribution in [0.2, 0.25) is 0 Å². The van der Waals surface area contributed by atoms with E-state index in [2.05, 4.69) is 4.98 Å². The quantitative estimate of drug-likeness (QED) is 0.649. The number of aliphatic hydroxyl groups excluding tert-OH is 1. The first-order chi connectivity index (χ1) is 5.77. The van der Waals surface area contributed by atoms with Gasteiger partial charge in [0.25, 0.3) is 0 Å². The molecular weight excluding hydrogens is 172 g/mol. The van der Waals surface area contributed by atoms with E-state index in [4.69, 9.17) is 10.8 Å². The molecule has 0 spiro atoms. The summed E-state index contributed by atoms with van der Waals surface area (Å²) in [6.07, 6.45) is -0.906. The standard InChI is InChI=1S/C8H8N2OS/c9-8(11)5-1-2-7-6(3-5)10-4-12-7/h1-4,8,11H,9H2. The van der Waals surface area contributed by atoms with Crippen LogP contribution in [-0.4, -0.2) is 10.1 Å². The predicted octanol–water partition coefficient (Wildman–Crippen LogP) is 1.25. The molecule has 0 amide bonds. The van der Waals surface area contributed by atoms with E-state index in [1.807, 2.05) is 12.1 Å². The normalized spacial score (nSPS) is 13.5. The number of fused-ring (bicyclic) bond motifs is 1. The second-order valence-corrected chi connectivity index (χ2v) is 3.41. The lowest BCUT2D eigenvalue weighted by atomic mass is 10.2. The number of nitrogens with two attached hydrogens (primary N) is 1. The van der Waals surface area contributed by atoms with Gasteiger partial charge >= 0.3 is 0 Å². The Morgan fingerprint density at radius 3 is 3.08 bits per heavy atom. The Bertz CT molecular complexity index is 397. The Balaban J connectivity index is 2.60. The lowest BCUT2D eigenvalue weighted by Gasteiger charge is -2.02. The Labute approximate surface area is 73.5 Å². The maximum atomic E-state index is 9.07. The summed E-state index contributed by atoms with van der Waals surface area (Å²) in [6.45, 7) is 0. The van der Waals surface area contributed by atoms with Crippen LogP contribution in [0.1, 0.15) is 11.8 Å². The highest BCUT2D eigenvalue weighted by Gasteiger charge is 2.02. The molecule has 1 atom stereocenters. The van der Waals surface area contributed by atoms with Gasteiger partial charge in [0.05, 0.1) is 15.7 Å². The van der Waals surface area contributed by atoms with Crippen molar-refractivity contribution in [3.63, 3.8) is 0 Å². The molecule has 0 saturated carbocycles. The average Bonchev–Trinajstić information content (AvgIpc) is 2.49. The van der Waals surface area contributed by atoms with Crippen LogP contribution in [0.25, 0.3) is 10.2 Å². The van der Waals surface area contributed by atoms with Crippen molar-refractivity contribution in [3.05, 3.63) is 29.3 Å². The van der Waals surface area contributed by atoms with Gasteiger partial charge in [-0.3, -0.25) is 0 Å². The summed E-state index contributed by atoms with van der Waals surface area (Å²) in [6, 6.07) is 5.53. The molecule has 0 aliphatic carbocycles. The predicted molar refractivity (Wildman–Crippen MR) is 48.8 cm³/mol. The minimum Gasteiger partial charge on any atom is -0.375 e. The summed E-state index contributed by atoms with van der Waals surface area (Å²) in [5.74, 6) is 0. The molecule has 12 heavy (non-hydrogen) atoms. The van der Waals surface area contributed by atoms with E-state index in [-0.39, 0.29) is 0 Å². The van der Waals surface area contributed by atoms with Crippen LogP contribution in [0.15, 0.2) is 23.7 Å². The van der Waals surface area contributed by atoms with Gasteiger partial charge in [-0.1, -0.05) is 6.07 Å². The van der Waals surface area contributed by atoms with E-state index in [1.165, 1.54) is 0 Å². The maximum absolute atomic E-state index is 9.07. The molecule has 1 aromatic heterocycles. The highest BCUT2D eigenvalue weighted by atomic mass is 32.1. The number of aromatic nitrogens is 1. The van der Waals surface area contributed by atoms with Gasteiger partial charge in [-0.15, -0.1) is 11.3 Å². The Kier molecular flexibility index (Phi) is 1.80. The van der Waals surface area contributed by atoms with Crippen LogP contribution in [0.4, 0.5) is 0 Å². The van der Waals surface area contributed by atoms with Crippen LogP contribution in [0.3, 0.4) is 0 Å². The van der Waals surface area contributed by atoms with Crippen molar-refractivity contribution in [1.82, 2.24) is 4.98 Å². The lowest BCUT2D eigenvalue weighted by molar-refractivity contribution is 0.186. The molecule has 3 N–H and O–H groups in total. The zero-order valence-electron chi connectivity index (χ0n) is 6.27. The first kappa shape index (κ1) is 7.67. The molecule has 1 aromatic carbocycles. The second-order valence-electron chi connectivity index (χ2n) is 2.52. The number of hydrogen-bond donors (Lipinski definition) is 2. The van der Waals surface area contributed by atoms with Gasteiger partial charge < -0.3 is 10.8 Å². The zero-order valence-corrected chi connectivity index (χ0v) is 7.08. The molecule has 62 valence electrons. The monoisotopic (exact) mass is 180 g/mol. The fourth-order valence-corrected chi connectivity index (χ4v) is 1.72. The topological polar surface area (TPSA) is 59.1 Å². The fraction of sp³-hybridized carbons (Fsp3) is 0.125. The Morgan fingerprint density at radius 1 is 1.50 bits per heavy atom. The van der Waals surface area contributed by atoms with Crippen molar-refractivity contribution in [3.8, 4) is 0 Å². The first-order valence-corrected chi connectivity index (χ1v) is 4.42. The van der Waals surface area contributed by atoms with E-state index in [0.717, 1.165) is 10.2 Å². The SMILES string of the molecule is NC(O)c1ccc2scnc2c1. The van der Waals surface area contributed by atoms with Crippen LogP contribution in [0.5, 0.6) is 0 Å². The fourth-order valence-electron chi connectivity index (χ4n) is 1.06. The molecule has 0 aliphatic rings. The van der Waals surface area contributed by atoms with E-state index < -0.39 is 6.23 Å². The van der Waals surface area contributed by atoms with Crippen molar-refractivity contribution < 1.29 is 5.11 Å². The molecule has 2 aromatic rings. The second kappa shape index (κ2) is 2.82. The van der Waals surface area contributed by atoms with Gasteiger partial charge in [-0.25, -0.2) is 4.98 Å². The van der Waals surface area contributed by atoms with E-state index >= 15 is 0 Å². The van der Waals surface area contributed by atoms with Gasteiger partial charge in [-0.05, 0) is 17.7 Å². The van der Waals surface area contributed by atoms with Gasteiger partial charge in [0.15, 0.2) is 0 Å². The van der Waals surface area contributed by atoms with E-state index in [0.29, 0.717) is 5.56 Å². The molecule has 0 aliphatic heterocycles. The number of rotatable bonds is 1. The molecular formula is C8H8N2OS. The summed E-state index contributed by atoms with van der Waals surface area (Å²) in [5, 5.41) is 9.07. The number of aliphatic hydroxyl groups is 1. The van der Waals surface area contributed by atoms with Gasteiger partial charge in [-0.2, -0.15) is 0 Å². The van der Waals surface area contributed by atoms with Crippen molar-refractivity contribution >= 4 is 21.6 Å². The van der Waals surface area contributed by atoms with Crippen LogP contribution < -0.4 is 5.73 Å². The van der Waals surface area contributed by atoms with Crippen molar-refractivity contribution in [2.75, 3.05) is 0 Å². The zero-order chi connectivity index (χ0) is 8.55. The Hall–Kier alpha value is -0.970. The van der Waals surface area contributed by atoms with Gasteiger partial charge in [0.1, 0.15) is 6.23 Å². The number of hydrogen-bond acceptors (Lipinski definition) is 4. The summed E-state index contributed by atoms with van der Waals surface area (Å²) in [4.78, 5) is 4.11. The molecule has 0 bridgehead atoms. The van der Waals surface area contributed by atoms with Crippen molar-refractivity contribution in [2.45, 2.75) is 6.23 Å². The maximum Gasteiger partial charge on any atom is 0.128 e. The lowest BCUT2D eigenvalue weighted by Crippen LogP contribution is -2.07. The minimum atomic E-state index is -0.906. The first-order valence-electron chi connectivity index (χ1n) is 3.54. The summed E-state index contributed by atoms with van der Waals surface area (Å²) >= 11 is 1.57. The van der Waals surface area contributed by atoms with Crippen LogP contribution in [-0.2, 0) is 0 Å². The molecule has 0 saturated heterocycles. The molecule has 3 nitrogen and oxygen atoms in total. The van der Waals surface area contributed by atoms with Crippen molar-refractivity contribution in [1.29, 1.82) is 0 Å². The number of benzene rings is 1. The highest BCUT2D eigenvalue weighted by molar-refractivity contribution is 7.16. The van der Waals surface area contributed by atoms with E-state index in [1.54, 1.807) is 22.9 Å². The Morgan fingerprint density at radius 2 is 2.33 bits per heavy atom. The third-order valence-electron chi connectivity index (χ3n) is 1.70. The summed E-state index contributed by atoms with van der Waals surface area (Å²) in [5.41, 5.74) is 8.67. The number of thiazole rings is 1. The molecule has 2 rings (SSSR count). The molecule has 1 unspecified atom stereocenters. The highest BCUT2D eigenvalue weighted by Crippen LogP contribution is 2.20. The largest absolute Gasteiger partial charge is 0.375 e. The molecule has 1 heterocycles. The van der Waals surface area contributed by atoms with Gasteiger partial charge in [0, 0.05) is 0 Å². The third kappa shape index (κ3) is 1.20. The van der Waals surface area contributed by atoms with E-state index in [9.17, 15) is 0 Å². The number of nitrogens with zero attached hydrogens (tertiary/aromatic N) is 1. The average molecular weight is 180 g/mol. The summed E-state index contributed by atoms with van der Waals surface area (Å²) in [7, 11) is 0. The third-order valence-corrected chi connectivity index (χ3v) is 2.51. The van der Waals surface area contributed by atoms with Gasteiger partial charge in [0.2, 0.25) is 0 Å². The van der Waals surface area contributed by atoms with Crippen LogP contribution >= 0.6 is 11.3 Å². The summed E-state index contributed by atoms with van der Waals surface area (Å²) < 4.78 is 1.11.